The van der Waals surface area contributed by atoms with Crippen molar-refractivity contribution in [1.82, 2.24) is 5.43 Å². The van der Waals surface area contributed by atoms with Crippen LogP contribution in [-0.4, -0.2) is 19.4 Å². The summed E-state index contributed by atoms with van der Waals surface area (Å²) in [7, 11) is 1.54. The maximum absolute atomic E-state index is 10.6. The summed E-state index contributed by atoms with van der Waals surface area (Å²) in [6.07, 6.45) is 1.45. The van der Waals surface area contributed by atoms with E-state index in [0.29, 0.717) is 27.1 Å². The molecular weight excluding hydrogens is 480 g/mol. The Morgan fingerprint density at radius 2 is 2.12 bits per heavy atom. The number of hydrogen-bond donors (Lipinski definition) is 2. The largest absolute Gasteiger partial charge is 0.493 e. The number of carbonyl (C=O) groups is 1. The molecule has 0 saturated carbocycles. The number of urea groups is 1. The first-order valence-electron chi connectivity index (χ1n) is 6.93. The third kappa shape index (κ3) is 5.65. The van der Waals surface area contributed by atoms with E-state index in [1.54, 1.807) is 24.3 Å². The monoisotopic (exact) mass is 493 g/mol. The van der Waals surface area contributed by atoms with Crippen LogP contribution in [0.1, 0.15) is 11.1 Å². The molecule has 0 aliphatic carbocycles. The molecular formula is C16H14Cl2IN3O3. The summed E-state index contributed by atoms with van der Waals surface area (Å²) in [5.41, 5.74) is 8.61. The van der Waals surface area contributed by atoms with Gasteiger partial charge in [0.05, 0.1) is 16.9 Å². The Labute approximate surface area is 168 Å². The average Bonchev–Trinajstić information content (AvgIpc) is 2.54. The zero-order valence-electron chi connectivity index (χ0n) is 13.1. The molecule has 2 amide bonds. The number of ether oxygens (including phenoxy) is 2. The minimum absolute atomic E-state index is 0.263. The highest BCUT2D eigenvalue weighted by atomic mass is 127. The molecule has 3 N–H and O–H groups in total. The number of rotatable bonds is 6. The fraction of sp³-hybridized carbons (Fsp3) is 0.125. The first kappa shape index (κ1) is 19.6. The van der Waals surface area contributed by atoms with Crippen molar-refractivity contribution in [2.75, 3.05) is 7.11 Å². The van der Waals surface area contributed by atoms with Crippen molar-refractivity contribution in [3.8, 4) is 11.5 Å². The fourth-order valence-corrected chi connectivity index (χ4v) is 3.16. The molecule has 0 aliphatic rings. The summed E-state index contributed by atoms with van der Waals surface area (Å²) in [6.45, 7) is 0.263. The normalized spacial score (nSPS) is 10.7. The molecule has 2 rings (SSSR count). The minimum atomic E-state index is -0.738. The summed E-state index contributed by atoms with van der Waals surface area (Å²) in [5, 5.41) is 4.82. The first-order chi connectivity index (χ1) is 11.9. The highest BCUT2D eigenvalue weighted by Crippen LogP contribution is 2.34. The molecule has 0 fully saturated rings. The number of nitrogens with two attached hydrogens (primary N) is 1. The quantitative estimate of drug-likeness (QED) is 0.359. The van der Waals surface area contributed by atoms with Gasteiger partial charge in [0.1, 0.15) is 6.61 Å². The van der Waals surface area contributed by atoms with E-state index >= 15 is 0 Å². The molecule has 25 heavy (non-hydrogen) atoms. The SMILES string of the molecule is COc1cc(C=NNC(N)=O)cc(I)c1OCc1ccc(Cl)cc1Cl. The molecule has 6 nitrogen and oxygen atoms in total. The van der Waals surface area contributed by atoms with Gasteiger partial charge in [0.2, 0.25) is 0 Å². The summed E-state index contributed by atoms with van der Waals surface area (Å²) in [4.78, 5) is 10.6. The molecule has 0 spiro atoms. The van der Waals surface area contributed by atoms with E-state index in [2.05, 4.69) is 33.1 Å². The van der Waals surface area contributed by atoms with Crippen LogP contribution in [0.3, 0.4) is 0 Å². The van der Waals surface area contributed by atoms with Crippen LogP contribution in [0.25, 0.3) is 0 Å². The van der Waals surface area contributed by atoms with Gasteiger partial charge < -0.3 is 15.2 Å². The predicted molar refractivity (Wildman–Crippen MR) is 107 cm³/mol. The van der Waals surface area contributed by atoms with E-state index in [1.807, 2.05) is 6.07 Å². The van der Waals surface area contributed by atoms with E-state index in [0.717, 1.165) is 9.13 Å². The van der Waals surface area contributed by atoms with Gasteiger partial charge in [-0.25, -0.2) is 10.2 Å². The second kappa shape index (κ2) is 9.12. The number of carbonyl (C=O) groups excluding carboxylic acids is 1. The Morgan fingerprint density at radius 3 is 2.76 bits per heavy atom. The molecule has 0 atom stereocenters. The molecule has 132 valence electrons. The van der Waals surface area contributed by atoms with Crippen LogP contribution in [-0.2, 0) is 6.61 Å². The second-order valence-corrected chi connectivity index (χ2v) is 6.80. The minimum Gasteiger partial charge on any atom is -0.493 e. The van der Waals surface area contributed by atoms with Gasteiger partial charge in [-0.3, -0.25) is 0 Å². The molecule has 0 aromatic heterocycles. The highest BCUT2D eigenvalue weighted by molar-refractivity contribution is 14.1. The molecule has 0 aliphatic heterocycles. The van der Waals surface area contributed by atoms with Gasteiger partial charge in [0.15, 0.2) is 11.5 Å². The van der Waals surface area contributed by atoms with Gasteiger partial charge in [-0.1, -0.05) is 29.3 Å². The van der Waals surface area contributed by atoms with Crippen molar-refractivity contribution in [1.29, 1.82) is 0 Å². The van der Waals surface area contributed by atoms with Gasteiger partial charge >= 0.3 is 6.03 Å². The van der Waals surface area contributed by atoms with Gasteiger partial charge in [-0.15, -0.1) is 0 Å². The zero-order valence-corrected chi connectivity index (χ0v) is 16.7. The van der Waals surface area contributed by atoms with E-state index in [4.69, 9.17) is 38.4 Å². The average molecular weight is 494 g/mol. The third-order valence-electron chi connectivity index (χ3n) is 3.03. The van der Waals surface area contributed by atoms with E-state index in [-0.39, 0.29) is 6.61 Å². The van der Waals surface area contributed by atoms with Crippen molar-refractivity contribution in [2.24, 2.45) is 10.8 Å². The number of halogens is 3. The number of hydrogen-bond acceptors (Lipinski definition) is 4. The fourth-order valence-electron chi connectivity index (χ4n) is 1.91. The summed E-state index contributed by atoms with van der Waals surface area (Å²) >= 11 is 14.2. The zero-order chi connectivity index (χ0) is 18.4. The predicted octanol–water partition coefficient (Wildman–Crippen LogP) is 4.19. The third-order valence-corrected chi connectivity index (χ3v) is 4.42. The van der Waals surface area contributed by atoms with Gasteiger partial charge in [0, 0.05) is 15.6 Å². The molecule has 0 unspecified atom stereocenters. The standard InChI is InChI=1S/C16H14Cl2IN3O3/c1-24-14-5-9(7-21-22-16(20)23)4-13(19)15(14)25-8-10-2-3-11(17)6-12(10)18/h2-7H,8H2,1H3,(H3,20,22,23). The van der Waals surface area contributed by atoms with E-state index < -0.39 is 6.03 Å². The van der Waals surface area contributed by atoms with Crippen molar-refractivity contribution < 1.29 is 14.3 Å². The van der Waals surface area contributed by atoms with Crippen LogP contribution >= 0.6 is 45.8 Å². The van der Waals surface area contributed by atoms with Crippen molar-refractivity contribution in [2.45, 2.75) is 6.61 Å². The van der Waals surface area contributed by atoms with Crippen molar-refractivity contribution >= 4 is 58.0 Å². The van der Waals surface area contributed by atoms with Crippen LogP contribution in [0.4, 0.5) is 4.79 Å². The molecule has 2 aromatic rings. The molecule has 0 saturated heterocycles. The van der Waals surface area contributed by atoms with Crippen LogP contribution in [0.15, 0.2) is 35.4 Å². The van der Waals surface area contributed by atoms with Gasteiger partial charge in [-0.05, 0) is 52.4 Å². The Kier molecular flexibility index (Phi) is 7.15. The molecule has 0 radical (unpaired) electrons. The number of nitrogens with one attached hydrogen (secondary N) is 1. The van der Waals surface area contributed by atoms with Crippen LogP contribution in [0.5, 0.6) is 11.5 Å². The van der Waals surface area contributed by atoms with E-state index in [1.165, 1.54) is 13.3 Å². The molecule has 0 bridgehead atoms. The Bertz CT molecular complexity index is 815. The lowest BCUT2D eigenvalue weighted by Gasteiger charge is -2.14. The van der Waals surface area contributed by atoms with E-state index in [9.17, 15) is 4.79 Å². The lowest BCUT2D eigenvalue weighted by molar-refractivity contribution is 0.249. The molecule has 0 heterocycles. The Balaban J connectivity index is 2.19. The maximum atomic E-state index is 10.6. The number of primary amides is 1. The first-order valence-corrected chi connectivity index (χ1v) is 8.77. The number of methoxy groups -OCH3 is 1. The number of nitrogens with zero attached hydrogens (tertiary/aromatic N) is 1. The van der Waals surface area contributed by atoms with Crippen LogP contribution < -0.4 is 20.6 Å². The number of amides is 2. The Hall–Kier alpha value is -1.71. The van der Waals surface area contributed by atoms with Crippen molar-refractivity contribution in [3.63, 3.8) is 0 Å². The van der Waals surface area contributed by atoms with Crippen LogP contribution in [0, 0.1) is 3.57 Å². The lowest BCUT2D eigenvalue weighted by Crippen LogP contribution is -2.24. The molecule has 9 heteroatoms. The summed E-state index contributed by atoms with van der Waals surface area (Å²) < 4.78 is 12.1. The maximum Gasteiger partial charge on any atom is 0.332 e. The second-order valence-electron chi connectivity index (χ2n) is 4.79. The number of hydrazone groups is 1. The topological polar surface area (TPSA) is 85.9 Å². The highest BCUT2D eigenvalue weighted by Gasteiger charge is 2.12. The van der Waals surface area contributed by atoms with Gasteiger partial charge in [0.25, 0.3) is 0 Å². The Morgan fingerprint density at radius 1 is 1.36 bits per heavy atom. The van der Waals surface area contributed by atoms with Crippen molar-refractivity contribution in [3.05, 3.63) is 55.1 Å². The summed E-state index contributed by atoms with van der Waals surface area (Å²) in [5.74, 6) is 1.10. The van der Waals surface area contributed by atoms with Gasteiger partial charge in [-0.2, -0.15) is 5.10 Å². The lowest BCUT2D eigenvalue weighted by atomic mass is 10.2. The van der Waals surface area contributed by atoms with Crippen LogP contribution in [0.2, 0.25) is 10.0 Å². The number of benzene rings is 2. The molecule has 2 aromatic carbocycles. The smallest absolute Gasteiger partial charge is 0.332 e. The summed E-state index contributed by atoms with van der Waals surface area (Å²) in [6, 6.07) is 8.04.